The highest BCUT2D eigenvalue weighted by Crippen LogP contribution is 2.27. The van der Waals surface area contributed by atoms with Gasteiger partial charge >= 0.3 is 8.80 Å². The summed E-state index contributed by atoms with van der Waals surface area (Å²) in [6, 6.07) is 10.3. The smallest absolute Gasteiger partial charge is 0.377 e. The molecule has 1 rings (SSSR count). The van der Waals surface area contributed by atoms with Gasteiger partial charge in [0.05, 0.1) is 0 Å². The second-order valence-corrected chi connectivity index (χ2v) is 7.84. The topological polar surface area (TPSA) is 65.7 Å². The minimum atomic E-state index is -2.68. The van der Waals surface area contributed by atoms with Crippen LogP contribution in [-0.4, -0.2) is 49.8 Å². The van der Waals surface area contributed by atoms with E-state index in [1.54, 1.807) is 21.3 Å². The summed E-state index contributed by atoms with van der Waals surface area (Å²) in [4.78, 5) is 0. The van der Waals surface area contributed by atoms with Crippen molar-refractivity contribution in [1.29, 1.82) is 0 Å². The lowest BCUT2D eigenvalue weighted by atomic mass is 10.1. The molecular formula is C14H26N2O3Si. The summed E-state index contributed by atoms with van der Waals surface area (Å²) in [7, 11) is 2.28. The molecule has 0 aliphatic rings. The summed E-state index contributed by atoms with van der Waals surface area (Å²) < 4.78 is 16.9. The van der Waals surface area contributed by atoms with Crippen LogP contribution in [0, 0.1) is 0 Å². The molecule has 0 saturated carbocycles. The van der Waals surface area contributed by atoms with Gasteiger partial charge in [-0.05, 0) is 12.0 Å². The van der Waals surface area contributed by atoms with Gasteiger partial charge in [-0.2, -0.15) is 0 Å². The quantitative estimate of drug-likeness (QED) is 0.499. The molecule has 1 aromatic rings. The van der Waals surface area contributed by atoms with Crippen molar-refractivity contribution in [3.63, 3.8) is 0 Å². The molecule has 20 heavy (non-hydrogen) atoms. The van der Waals surface area contributed by atoms with E-state index in [4.69, 9.17) is 19.0 Å². The van der Waals surface area contributed by atoms with Crippen LogP contribution < -0.4 is 11.1 Å². The van der Waals surface area contributed by atoms with Crippen LogP contribution in [0.1, 0.15) is 5.56 Å². The van der Waals surface area contributed by atoms with Crippen LogP contribution >= 0.6 is 0 Å². The molecule has 0 aliphatic carbocycles. The molecule has 0 spiro atoms. The summed E-state index contributed by atoms with van der Waals surface area (Å²) in [6.07, 6.45) is 0.847. The fourth-order valence-electron chi connectivity index (χ4n) is 2.35. The fourth-order valence-corrected chi connectivity index (χ4v) is 4.73. The Balaban J connectivity index is 2.83. The van der Waals surface area contributed by atoms with Crippen LogP contribution in [-0.2, 0) is 19.7 Å². The third-order valence-electron chi connectivity index (χ3n) is 3.39. The zero-order valence-corrected chi connectivity index (χ0v) is 13.6. The van der Waals surface area contributed by atoms with Crippen molar-refractivity contribution in [1.82, 2.24) is 5.32 Å². The number of hydrogen-bond donors (Lipinski definition) is 2. The van der Waals surface area contributed by atoms with Gasteiger partial charge in [-0.25, -0.2) is 0 Å². The summed E-state index contributed by atoms with van der Waals surface area (Å²) in [5.41, 5.74) is 6.92. The van der Waals surface area contributed by atoms with Crippen molar-refractivity contribution < 1.29 is 13.3 Å². The van der Waals surface area contributed by atoms with Crippen molar-refractivity contribution in [3.8, 4) is 0 Å². The molecule has 114 valence electrons. The van der Waals surface area contributed by atoms with Crippen molar-refractivity contribution in [3.05, 3.63) is 35.9 Å². The number of nitrogens with two attached hydrogens (primary N) is 1. The monoisotopic (exact) mass is 298 g/mol. The Morgan fingerprint density at radius 2 is 1.70 bits per heavy atom. The maximum absolute atomic E-state index is 5.62. The van der Waals surface area contributed by atoms with E-state index in [2.05, 4.69) is 17.4 Å². The third-order valence-corrected chi connectivity index (χ3v) is 6.51. The number of hydrogen-bond acceptors (Lipinski definition) is 5. The predicted octanol–water partition coefficient (Wildman–Crippen LogP) is 1.03. The molecule has 5 nitrogen and oxygen atoms in total. The van der Waals surface area contributed by atoms with Crippen molar-refractivity contribution in [2.24, 2.45) is 5.73 Å². The number of nitrogens with one attached hydrogen (secondary N) is 1. The zero-order chi connectivity index (χ0) is 14.8. The first-order chi connectivity index (χ1) is 9.72. The predicted molar refractivity (Wildman–Crippen MR) is 82.6 cm³/mol. The molecule has 0 bridgehead atoms. The van der Waals surface area contributed by atoms with E-state index in [0.29, 0.717) is 6.54 Å². The van der Waals surface area contributed by atoms with Gasteiger partial charge in [0, 0.05) is 46.5 Å². The molecule has 0 heterocycles. The molecule has 0 amide bonds. The first-order valence-corrected chi connectivity index (χ1v) is 8.62. The van der Waals surface area contributed by atoms with E-state index < -0.39 is 8.80 Å². The molecule has 0 radical (unpaired) electrons. The lowest BCUT2D eigenvalue weighted by molar-refractivity contribution is 0.110. The summed E-state index contributed by atoms with van der Waals surface area (Å²) in [5.74, 6) is 0. The van der Waals surface area contributed by atoms with E-state index in [1.807, 2.05) is 18.2 Å². The van der Waals surface area contributed by atoms with Gasteiger partial charge in [-0.1, -0.05) is 30.3 Å². The van der Waals surface area contributed by atoms with Crippen LogP contribution in [0.4, 0.5) is 0 Å². The first-order valence-electron chi connectivity index (χ1n) is 6.82. The second kappa shape index (κ2) is 9.22. The molecule has 0 saturated heterocycles. The Morgan fingerprint density at radius 3 is 2.20 bits per heavy atom. The molecule has 0 unspecified atom stereocenters. The van der Waals surface area contributed by atoms with Crippen LogP contribution in [0.25, 0.3) is 0 Å². The highest BCUT2D eigenvalue weighted by Gasteiger charge is 2.46. The Labute approximate surface area is 122 Å². The van der Waals surface area contributed by atoms with E-state index >= 15 is 0 Å². The van der Waals surface area contributed by atoms with E-state index in [0.717, 1.165) is 19.5 Å². The lowest BCUT2D eigenvalue weighted by Gasteiger charge is -2.32. The summed E-state index contributed by atoms with van der Waals surface area (Å²) >= 11 is 0. The maximum Gasteiger partial charge on any atom is 0.505 e. The minimum absolute atomic E-state index is 0.149. The fraction of sp³-hybridized carbons (Fsp3) is 0.571. The van der Waals surface area contributed by atoms with E-state index in [-0.39, 0.29) is 5.54 Å². The van der Waals surface area contributed by atoms with E-state index in [9.17, 15) is 0 Å². The summed E-state index contributed by atoms with van der Waals surface area (Å²) in [6.45, 7) is 2.14. The van der Waals surface area contributed by atoms with Gasteiger partial charge < -0.3 is 24.3 Å². The number of benzene rings is 1. The highest BCUT2D eigenvalue weighted by atomic mass is 28.4. The SMILES string of the molecule is CO[Si](OC)(OC)[C@@H](CNCCN)Cc1ccccc1. The Morgan fingerprint density at radius 1 is 1.10 bits per heavy atom. The molecule has 0 aliphatic heterocycles. The Bertz CT molecular complexity index is 352. The van der Waals surface area contributed by atoms with Gasteiger partial charge in [0.2, 0.25) is 0 Å². The Hall–Kier alpha value is -0.763. The van der Waals surface area contributed by atoms with Crippen LogP contribution in [0.2, 0.25) is 5.54 Å². The molecular weight excluding hydrogens is 272 g/mol. The zero-order valence-electron chi connectivity index (χ0n) is 12.6. The standard InChI is InChI=1S/C14H26N2O3Si/c1-17-20(18-2,19-3)14(12-16-10-9-15)11-13-7-5-4-6-8-13/h4-8,14,16H,9-12,15H2,1-3H3/t14-/m1/s1. The normalized spacial score (nSPS) is 13.4. The second-order valence-electron chi connectivity index (χ2n) is 4.60. The van der Waals surface area contributed by atoms with Crippen LogP contribution in [0.5, 0.6) is 0 Å². The van der Waals surface area contributed by atoms with Gasteiger partial charge in [-0.3, -0.25) is 0 Å². The summed E-state index contributed by atoms with van der Waals surface area (Å²) in [5, 5.41) is 3.33. The van der Waals surface area contributed by atoms with Crippen LogP contribution in [0.15, 0.2) is 30.3 Å². The largest absolute Gasteiger partial charge is 0.505 e. The minimum Gasteiger partial charge on any atom is -0.377 e. The van der Waals surface area contributed by atoms with Crippen molar-refractivity contribution in [2.45, 2.75) is 12.0 Å². The average Bonchev–Trinajstić information content (AvgIpc) is 2.50. The van der Waals surface area contributed by atoms with Gasteiger partial charge in [0.25, 0.3) is 0 Å². The molecule has 6 heteroatoms. The van der Waals surface area contributed by atoms with Gasteiger partial charge in [0.15, 0.2) is 0 Å². The van der Waals surface area contributed by atoms with E-state index in [1.165, 1.54) is 5.56 Å². The molecule has 0 fully saturated rings. The van der Waals surface area contributed by atoms with Crippen LogP contribution in [0.3, 0.4) is 0 Å². The van der Waals surface area contributed by atoms with Gasteiger partial charge in [0.1, 0.15) is 0 Å². The molecule has 1 atom stereocenters. The average molecular weight is 298 g/mol. The highest BCUT2D eigenvalue weighted by molar-refractivity contribution is 6.62. The van der Waals surface area contributed by atoms with Crippen molar-refractivity contribution in [2.75, 3.05) is 41.0 Å². The molecule has 3 N–H and O–H groups in total. The van der Waals surface area contributed by atoms with Gasteiger partial charge in [-0.15, -0.1) is 0 Å². The third kappa shape index (κ3) is 4.66. The maximum atomic E-state index is 5.62. The lowest BCUT2D eigenvalue weighted by Crippen LogP contribution is -2.51. The van der Waals surface area contributed by atoms with Crippen molar-refractivity contribution >= 4 is 8.80 Å². The number of rotatable bonds is 10. The first kappa shape index (κ1) is 17.3. The Kier molecular flexibility index (Phi) is 7.97. The molecule has 1 aromatic carbocycles. The molecule has 0 aromatic heterocycles.